The zero-order valence-corrected chi connectivity index (χ0v) is 12.4. The van der Waals surface area contributed by atoms with Gasteiger partial charge in [0.2, 0.25) is 0 Å². The quantitative estimate of drug-likeness (QED) is 0.654. The zero-order valence-electron chi connectivity index (χ0n) is 11.6. The van der Waals surface area contributed by atoms with Crippen molar-refractivity contribution in [2.24, 2.45) is 0 Å². The van der Waals surface area contributed by atoms with Gasteiger partial charge < -0.3 is 10.1 Å². The molecule has 0 aliphatic heterocycles. The Balaban J connectivity index is 1.86. The van der Waals surface area contributed by atoms with Crippen molar-refractivity contribution < 1.29 is 13.2 Å². The molecule has 0 amide bonds. The molecule has 112 valence electrons. The molecular weight excluding hydrogens is 278 g/mol. The van der Waals surface area contributed by atoms with Crippen molar-refractivity contribution in [1.82, 2.24) is 15.0 Å². The molecule has 20 heavy (non-hydrogen) atoms. The molecule has 7 heteroatoms. The number of ether oxygens (including phenoxy) is 1. The molecule has 1 aromatic heterocycles. The number of methoxy groups -OCH3 is 1. The molecule has 2 rings (SSSR count). The van der Waals surface area contributed by atoms with E-state index in [1.807, 2.05) is 0 Å². The second-order valence-electron chi connectivity index (χ2n) is 4.90. The summed E-state index contributed by atoms with van der Waals surface area (Å²) in [6, 6.07) is 3.97. The Morgan fingerprint density at radius 3 is 2.80 bits per heavy atom. The summed E-state index contributed by atoms with van der Waals surface area (Å²) in [6.07, 6.45) is 4.70. The Morgan fingerprint density at radius 2 is 2.20 bits per heavy atom. The van der Waals surface area contributed by atoms with Crippen molar-refractivity contribution in [1.29, 1.82) is 0 Å². The predicted molar refractivity (Wildman–Crippen MR) is 75.8 cm³/mol. The van der Waals surface area contributed by atoms with Crippen LogP contribution in [-0.4, -0.2) is 39.7 Å². The van der Waals surface area contributed by atoms with E-state index in [4.69, 9.17) is 4.74 Å². The smallest absolute Gasteiger partial charge is 0.258 e. The average Bonchev–Trinajstić information content (AvgIpc) is 3.26. The van der Waals surface area contributed by atoms with E-state index in [1.165, 1.54) is 12.8 Å². The van der Waals surface area contributed by atoms with Crippen LogP contribution in [0.1, 0.15) is 24.8 Å². The molecule has 0 aromatic carbocycles. The lowest BCUT2D eigenvalue weighted by Gasteiger charge is -2.07. The number of aromatic nitrogens is 1. The highest BCUT2D eigenvalue weighted by Gasteiger charge is 2.20. The minimum absolute atomic E-state index is 0.0603. The van der Waals surface area contributed by atoms with Gasteiger partial charge in [-0.1, -0.05) is 6.07 Å². The van der Waals surface area contributed by atoms with Crippen LogP contribution in [0.4, 0.5) is 0 Å². The van der Waals surface area contributed by atoms with E-state index in [-0.39, 0.29) is 5.03 Å². The maximum absolute atomic E-state index is 12.0. The van der Waals surface area contributed by atoms with Crippen molar-refractivity contribution in [2.75, 3.05) is 20.3 Å². The van der Waals surface area contributed by atoms with Gasteiger partial charge in [-0.3, -0.25) is 0 Å². The minimum atomic E-state index is -3.51. The maximum atomic E-state index is 12.0. The third-order valence-electron chi connectivity index (χ3n) is 3.06. The van der Waals surface area contributed by atoms with Gasteiger partial charge in [0.05, 0.1) is 0 Å². The second kappa shape index (κ2) is 7.12. The average molecular weight is 299 g/mol. The fourth-order valence-electron chi connectivity index (χ4n) is 1.72. The van der Waals surface area contributed by atoms with Crippen molar-refractivity contribution in [2.45, 2.75) is 36.9 Å². The van der Waals surface area contributed by atoms with Gasteiger partial charge in [-0.2, -0.15) is 0 Å². The Bertz CT molecular complexity index is 512. The lowest BCUT2D eigenvalue weighted by molar-refractivity contribution is 0.196. The van der Waals surface area contributed by atoms with Crippen LogP contribution in [0.3, 0.4) is 0 Å². The number of hydrogen-bond acceptors (Lipinski definition) is 5. The van der Waals surface area contributed by atoms with Gasteiger partial charge >= 0.3 is 0 Å². The van der Waals surface area contributed by atoms with Crippen LogP contribution in [0.25, 0.3) is 0 Å². The molecule has 1 aliphatic carbocycles. The minimum Gasteiger partial charge on any atom is -0.385 e. The van der Waals surface area contributed by atoms with Crippen LogP contribution < -0.4 is 10.0 Å². The maximum Gasteiger partial charge on any atom is 0.258 e. The molecule has 0 spiro atoms. The number of hydrogen-bond donors (Lipinski definition) is 2. The van der Waals surface area contributed by atoms with Crippen LogP contribution in [0.15, 0.2) is 23.4 Å². The van der Waals surface area contributed by atoms with Crippen molar-refractivity contribution in [3.63, 3.8) is 0 Å². The number of pyridine rings is 1. The first-order chi connectivity index (χ1) is 9.62. The second-order valence-corrected chi connectivity index (χ2v) is 6.62. The van der Waals surface area contributed by atoms with Crippen molar-refractivity contribution in [3.05, 3.63) is 23.9 Å². The van der Waals surface area contributed by atoms with Gasteiger partial charge in [0.25, 0.3) is 10.0 Å². The molecule has 1 fully saturated rings. The summed E-state index contributed by atoms with van der Waals surface area (Å²) < 4.78 is 31.3. The molecule has 0 radical (unpaired) electrons. The lowest BCUT2D eigenvalue weighted by atomic mass is 10.3. The normalized spacial score (nSPS) is 15.4. The number of rotatable bonds is 9. The standard InChI is InChI=1S/C13H21N3O3S/c1-19-8-2-7-16-20(17,18)13-6-3-11(10-15-13)9-14-12-4-5-12/h3,6,10,12,14,16H,2,4-5,7-9H2,1H3. The van der Waals surface area contributed by atoms with Crippen molar-refractivity contribution in [3.8, 4) is 0 Å². The molecule has 0 bridgehead atoms. The molecule has 1 saturated carbocycles. The number of sulfonamides is 1. The van der Waals surface area contributed by atoms with E-state index in [2.05, 4.69) is 15.0 Å². The molecule has 6 nitrogen and oxygen atoms in total. The zero-order chi connectivity index (χ0) is 14.4. The summed E-state index contributed by atoms with van der Waals surface area (Å²) >= 11 is 0. The van der Waals surface area contributed by atoms with Crippen molar-refractivity contribution >= 4 is 10.0 Å². The monoisotopic (exact) mass is 299 g/mol. The van der Waals surface area contributed by atoms with Crippen LogP contribution in [0.5, 0.6) is 0 Å². The van der Waals surface area contributed by atoms with E-state index >= 15 is 0 Å². The predicted octanol–water partition coefficient (Wildman–Crippen LogP) is 0.648. The van der Waals surface area contributed by atoms with E-state index in [0.29, 0.717) is 25.6 Å². The van der Waals surface area contributed by atoms with Gasteiger partial charge in [0, 0.05) is 39.0 Å². The third kappa shape index (κ3) is 4.82. The first-order valence-electron chi connectivity index (χ1n) is 6.79. The summed E-state index contributed by atoms with van der Waals surface area (Å²) in [5.41, 5.74) is 0.996. The highest BCUT2D eigenvalue weighted by Crippen LogP contribution is 2.19. The summed E-state index contributed by atoms with van der Waals surface area (Å²) in [6.45, 7) is 1.61. The summed E-state index contributed by atoms with van der Waals surface area (Å²) in [5.74, 6) is 0. The molecule has 1 aliphatic rings. The summed E-state index contributed by atoms with van der Waals surface area (Å²) in [7, 11) is -1.93. The van der Waals surface area contributed by atoms with E-state index in [0.717, 1.165) is 12.1 Å². The Kier molecular flexibility index (Phi) is 5.47. The Labute approximate surface area is 120 Å². The lowest BCUT2D eigenvalue weighted by Crippen LogP contribution is -2.26. The van der Waals surface area contributed by atoms with Gasteiger partial charge in [-0.15, -0.1) is 0 Å². The number of nitrogens with zero attached hydrogens (tertiary/aromatic N) is 1. The Hall–Kier alpha value is -1.02. The van der Waals surface area contributed by atoms with Crippen LogP contribution in [0.2, 0.25) is 0 Å². The highest BCUT2D eigenvalue weighted by atomic mass is 32.2. The van der Waals surface area contributed by atoms with Crippen LogP contribution in [0, 0.1) is 0 Å². The summed E-state index contributed by atoms with van der Waals surface area (Å²) in [4.78, 5) is 4.03. The molecule has 1 heterocycles. The molecule has 1 aromatic rings. The third-order valence-corrected chi connectivity index (χ3v) is 4.44. The molecule has 2 N–H and O–H groups in total. The summed E-state index contributed by atoms with van der Waals surface area (Å²) in [5, 5.41) is 3.42. The molecule has 0 saturated heterocycles. The SMILES string of the molecule is COCCCNS(=O)(=O)c1ccc(CNC2CC2)cn1. The van der Waals surface area contributed by atoms with E-state index in [1.54, 1.807) is 25.4 Å². The first-order valence-corrected chi connectivity index (χ1v) is 8.27. The molecular formula is C13H21N3O3S. The van der Waals surface area contributed by atoms with Crippen LogP contribution in [-0.2, 0) is 21.3 Å². The number of nitrogens with one attached hydrogen (secondary N) is 2. The van der Waals surface area contributed by atoms with Crippen LogP contribution >= 0.6 is 0 Å². The first kappa shape index (κ1) is 15.4. The van der Waals surface area contributed by atoms with Gasteiger partial charge in [-0.25, -0.2) is 18.1 Å². The fraction of sp³-hybridized carbons (Fsp3) is 0.615. The fourth-order valence-corrected chi connectivity index (χ4v) is 2.72. The topological polar surface area (TPSA) is 80.3 Å². The van der Waals surface area contributed by atoms with E-state index < -0.39 is 10.0 Å². The van der Waals surface area contributed by atoms with Gasteiger partial charge in [0.15, 0.2) is 5.03 Å². The van der Waals surface area contributed by atoms with Gasteiger partial charge in [0.1, 0.15) is 0 Å². The molecule has 0 atom stereocenters. The largest absolute Gasteiger partial charge is 0.385 e. The Morgan fingerprint density at radius 1 is 1.40 bits per heavy atom. The highest BCUT2D eigenvalue weighted by molar-refractivity contribution is 7.89. The van der Waals surface area contributed by atoms with E-state index in [9.17, 15) is 8.42 Å². The molecule has 0 unspecified atom stereocenters. The van der Waals surface area contributed by atoms with Gasteiger partial charge in [-0.05, 0) is 30.9 Å².